The lowest BCUT2D eigenvalue weighted by Gasteiger charge is -2.19. The molecule has 6 nitrogen and oxygen atoms in total. The van der Waals surface area contributed by atoms with Crippen LogP contribution in [0.4, 0.5) is 4.79 Å². The Balaban J connectivity index is 2.38. The number of ether oxygens (including phenoxy) is 1. The number of aromatic carboxylic acids is 1. The van der Waals surface area contributed by atoms with Crippen molar-refractivity contribution in [1.29, 1.82) is 0 Å². The summed E-state index contributed by atoms with van der Waals surface area (Å²) in [6.45, 7) is 5.67. The van der Waals surface area contributed by atoms with Crippen molar-refractivity contribution in [2.45, 2.75) is 26.4 Å². The first-order chi connectivity index (χ1) is 8.78. The number of amides is 1. The number of rotatable bonds is 4. The van der Waals surface area contributed by atoms with Crippen molar-refractivity contribution in [2.75, 3.05) is 6.54 Å². The van der Waals surface area contributed by atoms with E-state index in [-0.39, 0.29) is 5.69 Å². The van der Waals surface area contributed by atoms with Crippen molar-refractivity contribution in [3.05, 3.63) is 29.6 Å². The maximum absolute atomic E-state index is 11.3. The summed E-state index contributed by atoms with van der Waals surface area (Å²) in [5, 5.41) is 11.3. The Morgan fingerprint density at radius 3 is 2.68 bits per heavy atom. The normalized spacial score (nSPS) is 11.5. The fraction of sp³-hybridized carbons (Fsp3) is 0.385. The van der Waals surface area contributed by atoms with Crippen LogP contribution in [0, 0.1) is 0 Å². The number of carboxylic acids is 1. The molecular formula is C13H18N2O4. The average molecular weight is 266 g/mol. The lowest BCUT2D eigenvalue weighted by atomic mass is 10.2. The lowest BCUT2D eigenvalue weighted by molar-refractivity contribution is 0.0533. The number of hydrogen-bond acceptors (Lipinski definition) is 3. The van der Waals surface area contributed by atoms with Crippen LogP contribution in [0.5, 0.6) is 0 Å². The molecule has 1 heterocycles. The zero-order valence-corrected chi connectivity index (χ0v) is 11.2. The van der Waals surface area contributed by atoms with Crippen LogP contribution >= 0.6 is 0 Å². The van der Waals surface area contributed by atoms with Gasteiger partial charge < -0.3 is 20.1 Å². The third-order valence-electron chi connectivity index (χ3n) is 2.01. The summed E-state index contributed by atoms with van der Waals surface area (Å²) >= 11 is 0. The van der Waals surface area contributed by atoms with Crippen molar-refractivity contribution in [3.63, 3.8) is 0 Å². The highest BCUT2D eigenvalue weighted by molar-refractivity contribution is 5.86. The maximum atomic E-state index is 11.3. The number of carbonyl (C=O) groups is 2. The van der Waals surface area contributed by atoms with Gasteiger partial charge in [-0.25, -0.2) is 9.59 Å². The van der Waals surface area contributed by atoms with Crippen LogP contribution in [0.1, 0.15) is 36.8 Å². The molecule has 1 aromatic rings. The molecule has 0 unspecified atom stereocenters. The van der Waals surface area contributed by atoms with E-state index in [2.05, 4.69) is 10.3 Å². The fourth-order valence-electron chi connectivity index (χ4n) is 1.28. The summed E-state index contributed by atoms with van der Waals surface area (Å²) in [4.78, 5) is 24.6. The van der Waals surface area contributed by atoms with E-state index in [1.54, 1.807) is 39.1 Å². The first-order valence-corrected chi connectivity index (χ1v) is 5.83. The summed E-state index contributed by atoms with van der Waals surface area (Å²) in [6, 6.07) is 1.51. The minimum absolute atomic E-state index is 0.125. The molecule has 0 radical (unpaired) electrons. The molecule has 0 atom stereocenters. The Morgan fingerprint density at radius 2 is 2.16 bits per heavy atom. The van der Waals surface area contributed by atoms with E-state index in [9.17, 15) is 9.59 Å². The largest absolute Gasteiger partial charge is 0.477 e. The van der Waals surface area contributed by atoms with Crippen molar-refractivity contribution in [2.24, 2.45) is 0 Å². The monoisotopic (exact) mass is 266 g/mol. The van der Waals surface area contributed by atoms with Crippen molar-refractivity contribution >= 4 is 18.1 Å². The number of aromatic amines is 1. The fourth-order valence-corrected chi connectivity index (χ4v) is 1.28. The molecule has 6 heteroatoms. The molecule has 1 rings (SSSR count). The van der Waals surface area contributed by atoms with Gasteiger partial charge >= 0.3 is 12.1 Å². The topological polar surface area (TPSA) is 91.4 Å². The number of alkyl carbamates (subject to hydrolysis) is 1. The molecule has 0 aliphatic rings. The number of hydrogen-bond donors (Lipinski definition) is 3. The predicted molar refractivity (Wildman–Crippen MR) is 71.0 cm³/mol. The third kappa shape index (κ3) is 5.76. The van der Waals surface area contributed by atoms with Crippen molar-refractivity contribution < 1.29 is 19.4 Å². The van der Waals surface area contributed by atoms with Gasteiger partial charge in [0.1, 0.15) is 11.3 Å². The standard InChI is InChI=1S/C13H18N2O4/c1-13(2,3)19-12(18)14-6-4-5-9-7-10(11(16)17)15-8-9/h4-5,7-8,15H,6H2,1-3H3,(H,14,18)(H,16,17). The van der Waals surface area contributed by atoms with Gasteiger partial charge in [0.05, 0.1) is 0 Å². The van der Waals surface area contributed by atoms with Crippen LogP contribution in [0.25, 0.3) is 6.08 Å². The van der Waals surface area contributed by atoms with Crippen molar-refractivity contribution in [3.8, 4) is 0 Å². The van der Waals surface area contributed by atoms with Gasteiger partial charge in [-0.05, 0) is 32.4 Å². The Kier molecular flexibility index (Phi) is 4.74. The second-order valence-corrected chi connectivity index (χ2v) is 4.94. The zero-order chi connectivity index (χ0) is 14.5. The molecule has 0 aromatic carbocycles. The Bertz CT molecular complexity index is 483. The van der Waals surface area contributed by atoms with Crippen LogP contribution in [-0.2, 0) is 4.74 Å². The highest BCUT2D eigenvalue weighted by Crippen LogP contribution is 2.07. The quantitative estimate of drug-likeness (QED) is 0.779. The molecule has 19 heavy (non-hydrogen) atoms. The minimum atomic E-state index is -1.01. The summed E-state index contributed by atoms with van der Waals surface area (Å²) in [5.74, 6) is -1.01. The molecular weight excluding hydrogens is 248 g/mol. The molecule has 0 saturated heterocycles. The van der Waals surface area contributed by atoms with E-state index in [0.29, 0.717) is 6.54 Å². The molecule has 0 fully saturated rings. The molecule has 0 bridgehead atoms. The molecule has 3 N–H and O–H groups in total. The minimum Gasteiger partial charge on any atom is -0.477 e. The van der Waals surface area contributed by atoms with Gasteiger partial charge in [0.25, 0.3) is 0 Å². The van der Waals surface area contributed by atoms with Crippen LogP contribution < -0.4 is 5.32 Å². The Hall–Kier alpha value is -2.24. The molecule has 0 aliphatic heterocycles. The van der Waals surface area contributed by atoms with E-state index >= 15 is 0 Å². The van der Waals surface area contributed by atoms with Crippen molar-refractivity contribution in [1.82, 2.24) is 10.3 Å². The molecule has 1 amide bonds. The Morgan fingerprint density at radius 1 is 1.47 bits per heavy atom. The third-order valence-corrected chi connectivity index (χ3v) is 2.01. The smallest absolute Gasteiger partial charge is 0.407 e. The number of carbonyl (C=O) groups excluding carboxylic acids is 1. The van der Waals surface area contributed by atoms with Gasteiger partial charge in [0.2, 0.25) is 0 Å². The predicted octanol–water partition coefficient (Wildman–Crippen LogP) is 2.25. The van der Waals surface area contributed by atoms with Gasteiger partial charge in [-0.3, -0.25) is 0 Å². The lowest BCUT2D eigenvalue weighted by Crippen LogP contribution is -2.32. The second kappa shape index (κ2) is 6.08. The average Bonchev–Trinajstić information content (AvgIpc) is 2.70. The van der Waals surface area contributed by atoms with Crippen LogP contribution in [0.3, 0.4) is 0 Å². The van der Waals surface area contributed by atoms with Gasteiger partial charge in [0, 0.05) is 12.7 Å². The number of nitrogens with one attached hydrogen (secondary N) is 2. The molecule has 1 aromatic heterocycles. The van der Waals surface area contributed by atoms with E-state index in [0.717, 1.165) is 5.56 Å². The summed E-state index contributed by atoms with van der Waals surface area (Å²) in [6.07, 6.45) is 4.50. The van der Waals surface area contributed by atoms with E-state index in [1.807, 2.05) is 0 Å². The SMILES string of the molecule is CC(C)(C)OC(=O)NCC=Cc1c[nH]c(C(=O)O)c1. The zero-order valence-electron chi connectivity index (χ0n) is 11.2. The van der Waals surface area contributed by atoms with Gasteiger partial charge in [-0.1, -0.05) is 12.2 Å². The van der Waals surface area contributed by atoms with Crippen LogP contribution in [-0.4, -0.2) is 34.3 Å². The number of H-pyrrole nitrogens is 1. The van der Waals surface area contributed by atoms with Gasteiger partial charge in [0.15, 0.2) is 0 Å². The summed E-state index contributed by atoms with van der Waals surface area (Å²) < 4.78 is 5.06. The van der Waals surface area contributed by atoms with Crippen LogP contribution in [0.15, 0.2) is 18.3 Å². The summed E-state index contributed by atoms with van der Waals surface area (Å²) in [5.41, 5.74) is 0.327. The molecule has 0 saturated carbocycles. The first kappa shape index (κ1) is 14.8. The first-order valence-electron chi connectivity index (χ1n) is 5.83. The molecule has 104 valence electrons. The Labute approximate surface area is 111 Å². The van der Waals surface area contributed by atoms with Crippen LogP contribution in [0.2, 0.25) is 0 Å². The van der Waals surface area contributed by atoms with Gasteiger partial charge in [-0.15, -0.1) is 0 Å². The summed E-state index contributed by atoms with van der Waals surface area (Å²) in [7, 11) is 0. The highest BCUT2D eigenvalue weighted by atomic mass is 16.6. The van der Waals surface area contributed by atoms with E-state index in [4.69, 9.17) is 9.84 Å². The number of carboxylic acid groups (broad SMARTS) is 1. The number of aromatic nitrogens is 1. The van der Waals surface area contributed by atoms with E-state index < -0.39 is 17.7 Å². The second-order valence-electron chi connectivity index (χ2n) is 4.94. The molecule has 0 spiro atoms. The maximum Gasteiger partial charge on any atom is 0.407 e. The van der Waals surface area contributed by atoms with E-state index in [1.165, 1.54) is 6.07 Å². The molecule has 0 aliphatic carbocycles. The highest BCUT2D eigenvalue weighted by Gasteiger charge is 2.14. The van der Waals surface area contributed by atoms with Gasteiger partial charge in [-0.2, -0.15) is 0 Å².